The van der Waals surface area contributed by atoms with Crippen molar-refractivity contribution in [2.75, 3.05) is 6.54 Å². The Morgan fingerprint density at radius 1 is 1.53 bits per heavy atom. The minimum Gasteiger partial charge on any atom is -0.290 e. The quantitative estimate of drug-likeness (QED) is 0.872. The van der Waals surface area contributed by atoms with Crippen molar-refractivity contribution >= 4 is 22.9 Å². The first-order valence-corrected chi connectivity index (χ1v) is 7.79. The highest BCUT2D eigenvalue weighted by atomic mass is 35.5. The summed E-state index contributed by atoms with van der Waals surface area (Å²) < 4.78 is 1.77. The third-order valence-electron chi connectivity index (χ3n) is 3.74. The van der Waals surface area contributed by atoms with Crippen LogP contribution in [0.15, 0.2) is 10.9 Å². The minimum atomic E-state index is 0.378. The van der Waals surface area contributed by atoms with E-state index in [1.54, 1.807) is 16.0 Å². The Kier molecular flexibility index (Phi) is 3.60. The summed E-state index contributed by atoms with van der Waals surface area (Å²) in [7, 11) is 1.90. The third-order valence-corrected chi connectivity index (χ3v) is 4.83. The lowest BCUT2D eigenvalue weighted by Crippen LogP contribution is -2.23. The molecule has 0 radical (unpaired) electrons. The van der Waals surface area contributed by atoms with Gasteiger partial charge in [0.1, 0.15) is 5.15 Å². The van der Waals surface area contributed by atoms with Crippen LogP contribution in [-0.2, 0) is 13.6 Å². The van der Waals surface area contributed by atoms with Gasteiger partial charge in [-0.05, 0) is 26.3 Å². The second-order valence-electron chi connectivity index (χ2n) is 5.02. The van der Waals surface area contributed by atoms with E-state index in [0.29, 0.717) is 6.04 Å². The first-order chi connectivity index (χ1) is 9.16. The lowest BCUT2D eigenvalue weighted by atomic mass is 10.1. The Morgan fingerprint density at radius 2 is 2.37 bits per heavy atom. The van der Waals surface area contributed by atoms with E-state index in [0.717, 1.165) is 36.1 Å². The normalized spacial score (nSPS) is 20.3. The molecule has 0 spiro atoms. The Bertz CT molecular complexity index is 563. The lowest BCUT2D eigenvalue weighted by molar-refractivity contribution is 0.245. The van der Waals surface area contributed by atoms with E-state index in [2.05, 4.69) is 20.4 Å². The van der Waals surface area contributed by atoms with Gasteiger partial charge in [-0.2, -0.15) is 5.10 Å². The summed E-state index contributed by atoms with van der Waals surface area (Å²) in [4.78, 5) is 6.84. The molecule has 1 fully saturated rings. The minimum absolute atomic E-state index is 0.378. The van der Waals surface area contributed by atoms with E-state index in [4.69, 9.17) is 11.6 Å². The van der Waals surface area contributed by atoms with Gasteiger partial charge in [0, 0.05) is 30.6 Å². The SMILES string of the molecule is Cc1nn(C)c(Cl)c1C1CCCN1Cc1cscn1. The fourth-order valence-corrected chi connectivity index (χ4v) is 3.74. The van der Waals surface area contributed by atoms with Crippen LogP contribution < -0.4 is 0 Å². The first kappa shape index (κ1) is 13.1. The van der Waals surface area contributed by atoms with Gasteiger partial charge >= 0.3 is 0 Å². The molecule has 102 valence electrons. The summed E-state index contributed by atoms with van der Waals surface area (Å²) in [5, 5.41) is 7.32. The number of hydrogen-bond acceptors (Lipinski definition) is 4. The van der Waals surface area contributed by atoms with E-state index < -0.39 is 0 Å². The summed E-state index contributed by atoms with van der Waals surface area (Å²) in [6, 6.07) is 0.378. The Labute approximate surface area is 122 Å². The Hall–Kier alpha value is -0.910. The maximum Gasteiger partial charge on any atom is 0.131 e. The number of aromatic nitrogens is 3. The van der Waals surface area contributed by atoms with Crippen molar-refractivity contribution in [1.82, 2.24) is 19.7 Å². The fourth-order valence-electron chi connectivity index (χ4n) is 2.89. The number of likely N-dealkylation sites (tertiary alicyclic amines) is 1. The average molecular weight is 297 g/mol. The summed E-state index contributed by atoms with van der Waals surface area (Å²) in [6.45, 7) is 4.05. The number of thiazole rings is 1. The van der Waals surface area contributed by atoms with Crippen LogP contribution in [0.25, 0.3) is 0 Å². The van der Waals surface area contributed by atoms with Crippen LogP contribution in [0.1, 0.15) is 35.8 Å². The average Bonchev–Trinajstić information content (AvgIpc) is 3.06. The number of nitrogens with zero attached hydrogens (tertiary/aromatic N) is 4. The molecule has 3 rings (SSSR count). The number of aryl methyl sites for hydroxylation is 2. The molecule has 0 aliphatic carbocycles. The topological polar surface area (TPSA) is 34.0 Å². The molecule has 19 heavy (non-hydrogen) atoms. The fraction of sp³-hybridized carbons (Fsp3) is 0.538. The van der Waals surface area contributed by atoms with Crippen LogP contribution in [-0.4, -0.2) is 26.2 Å². The zero-order valence-electron chi connectivity index (χ0n) is 11.1. The molecule has 6 heteroatoms. The van der Waals surface area contributed by atoms with Gasteiger partial charge in [-0.3, -0.25) is 9.58 Å². The molecule has 1 aliphatic heterocycles. The van der Waals surface area contributed by atoms with Crippen molar-refractivity contribution in [2.24, 2.45) is 7.05 Å². The zero-order chi connectivity index (χ0) is 13.4. The van der Waals surface area contributed by atoms with Crippen molar-refractivity contribution in [3.05, 3.63) is 33.0 Å². The maximum absolute atomic E-state index is 6.40. The second-order valence-corrected chi connectivity index (χ2v) is 6.10. The molecule has 0 bridgehead atoms. The number of halogens is 1. The van der Waals surface area contributed by atoms with E-state index in [1.165, 1.54) is 12.0 Å². The van der Waals surface area contributed by atoms with Crippen molar-refractivity contribution in [3.8, 4) is 0 Å². The molecular formula is C13H17ClN4S. The molecule has 0 saturated carbocycles. The lowest BCUT2D eigenvalue weighted by Gasteiger charge is -2.23. The van der Waals surface area contributed by atoms with Crippen LogP contribution >= 0.6 is 22.9 Å². The monoisotopic (exact) mass is 296 g/mol. The first-order valence-electron chi connectivity index (χ1n) is 6.47. The van der Waals surface area contributed by atoms with E-state index in [9.17, 15) is 0 Å². The van der Waals surface area contributed by atoms with Crippen LogP contribution in [0.5, 0.6) is 0 Å². The molecule has 0 N–H and O–H groups in total. The molecule has 3 heterocycles. The van der Waals surface area contributed by atoms with Crippen LogP contribution in [0.3, 0.4) is 0 Å². The molecule has 2 aromatic rings. The van der Waals surface area contributed by atoms with Crippen molar-refractivity contribution in [2.45, 2.75) is 32.4 Å². The second kappa shape index (κ2) is 5.23. The van der Waals surface area contributed by atoms with Crippen molar-refractivity contribution in [1.29, 1.82) is 0 Å². The molecule has 1 aliphatic rings. The van der Waals surface area contributed by atoms with Gasteiger partial charge in [0.2, 0.25) is 0 Å². The zero-order valence-corrected chi connectivity index (χ0v) is 12.7. The van der Waals surface area contributed by atoms with Gasteiger partial charge in [-0.25, -0.2) is 4.98 Å². The third kappa shape index (κ3) is 2.42. The van der Waals surface area contributed by atoms with Gasteiger partial charge in [0.15, 0.2) is 0 Å². The van der Waals surface area contributed by atoms with E-state index >= 15 is 0 Å². The smallest absolute Gasteiger partial charge is 0.131 e. The van der Waals surface area contributed by atoms with Crippen molar-refractivity contribution in [3.63, 3.8) is 0 Å². The largest absolute Gasteiger partial charge is 0.290 e. The molecule has 1 saturated heterocycles. The molecule has 1 atom stereocenters. The molecule has 0 aromatic carbocycles. The van der Waals surface area contributed by atoms with Gasteiger partial charge in [0.25, 0.3) is 0 Å². The van der Waals surface area contributed by atoms with Crippen molar-refractivity contribution < 1.29 is 0 Å². The highest BCUT2D eigenvalue weighted by molar-refractivity contribution is 7.07. The summed E-state index contributed by atoms with van der Waals surface area (Å²) >= 11 is 8.05. The summed E-state index contributed by atoms with van der Waals surface area (Å²) in [5.74, 6) is 0. The standard InChI is InChI=1S/C13H17ClN4S/c1-9-12(13(14)17(2)16-9)11-4-3-5-18(11)6-10-7-19-8-15-10/h7-8,11H,3-6H2,1-2H3. The molecule has 1 unspecified atom stereocenters. The molecular weight excluding hydrogens is 280 g/mol. The van der Waals surface area contributed by atoms with Crippen LogP contribution in [0.4, 0.5) is 0 Å². The number of rotatable bonds is 3. The van der Waals surface area contributed by atoms with E-state index in [-0.39, 0.29) is 0 Å². The van der Waals surface area contributed by atoms with Gasteiger partial charge in [-0.1, -0.05) is 11.6 Å². The molecule has 2 aromatic heterocycles. The van der Waals surface area contributed by atoms with Crippen LogP contribution in [0.2, 0.25) is 5.15 Å². The predicted molar refractivity (Wildman–Crippen MR) is 77.5 cm³/mol. The summed E-state index contributed by atoms with van der Waals surface area (Å²) in [5.41, 5.74) is 5.28. The predicted octanol–water partition coefficient (Wildman–Crippen LogP) is 3.18. The Balaban J connectivity index is 1.86. The Morgan fingerprint density at radius 3 is 3.00 bits per heavy atom. The number of hydrogen-bond donors (Lipinski definition) is 0. The molecule has 0 amide bonds. The highest BCUT2D eigenvalue weighted by Gasteiger charge is 2.31. The highest BCUT2D eigenvalue weighted by Crippen LogP contribution is 2.38. The van der Waals surface area contributed by atoms with Crippen LogP contribution in [0, 0.1) is 6.92 Å². The van der Waals surface area contributed by atoms with Gasteiger partial charge in [0.05, 0.1) is 16.9 Å². The molecule has 4 nitrogen and oxygen atoms in total. The van der Waals surface area contributed by atoms with Gasteiger partial charge in [-0.15, -0.1) is 11.3 Å². The summed E-state index contributed by atoms with van der Waals surface area (Å²) in [6.07, 6.45) is 2.36. The van der Waals surface area contributed by atoms with E-state index in [1.807, 2.05) is 19.5 Å². The maximum atomic E-state index is 6.40. The van der Waals surface area contributed by atoms with Gasteiger partial charge < -0.3 is 0 Å².